The summed E-state index contributed by atoms with van der Waals surface area (Å²) in [7, 11) is 0. The minimum absolute atomic E-state index is 0.182. The molecule has 3 aromatic rings. The fourth-order valence-electron chi connectivity index (χ4n) is 4.54. The zero-order valence-electron chi connectivity index (χ0n) is 17.5. The first-order valence-corrected chi connectivity index (χ1v) is 10.9. The van der Waals surface area contributed by atoms with E-state index in [1.54, 1.807) is 6.07 Å². The maximum Gasteiger partial charge on any atom is 0.271 e. The largest absolute Gasteiger partial charge is 0.364 e. The zero-order valence-corrected chi connectivity index (χ0v) is 17.5. The molecule has 1 atom stereocenters. The van der Waals surface area contributed by atoms with Gasteiger partial charge in [-0.3, -0.25) is 4.79 Å². The molecule has 0 aliphatic carbocycles. The third-order valence-corrected chi connectivity index (χ3v) is 6.22. The van der Waals surface area contributed by atoms with Crippen LogP contribution in [0, 0.1) is 0 Å². The summed E-state index contributed by atoms with van der Waals surface area (Å²) >= 11 is 0. The van der Waals surface area contributed by atoms with Gasteiger partial charge in [0.05, 0.1) is 13.2 Å². The second kappa shape index (κ2) is 8.47. The summed E-state index contributed by atoms with van der Waals surface area (Å²) in [5, 5.41) is 11.4. The third-order valence-electron chi connectivity index (χ3n) is 6.22. The van der Waals surface area contributed by atoms with E-state index in [1.165, 1.54) is 16.7 Å². The lowest BCUT2D eigenvalue weighted by molar-refractivity contribution is -0.0205. The molecule has 3 heterocycles. The number of ether oxygens (including phenoxy) is 1. The number of benzene rings is 2. The number of carbonyl (C=O) groups is 1. The van der Waals surface area contributed by atoms with Gasteiger partial charge in [-0.1, -0.05) is 54.6 Å². The van der Waals surface area contributed by atoms with Gasteiger partial charge in [0, 0.05) is 13.1 Å². The molecule has 1 amide bonds. The molecule has 0 bridgehead atoms. The van der Waals surface area contributed by atoms with E-state index in [9.17, 15) is 4.79 Å². The number of carbonyl (C=O) groups excluding carboxylic acids is 1. The van der Waals surface area contributed by atoms with E-state index in [0.717, 1.165) is 38.2 Å². The van der Waals surface area contributed by atoms with Gasteiger partial charge in [-0.2, -0.15) is 0 Å². The summed E-state index contributed by atoms with van der Waals surface area (Å²) in [6, 6.07) is 22.4. The average molecular weight is 415 g/mol. The summed E-state index contributed by atoms with van der Waals surface area (Å²) in [6.07, 6.45) is 2.75. The summed E-state index contributed by atoms with van der Waals surface area (Å²) in [6.45, 7) is 2.89. The van der Waals surface area contributed by atoms with Crippen LogP contribution in [0.2, 0.25) is 0 Å². The number of aryl methyl sites for hydroxylation is 1. The Balaban J connectivity index is 1.16. The summed E-state index contributed by atoms with van der Waals surface area (Å²) in [4.78, 5) is 14.6. The smallest absolute Gasteiger partial charge is 0.271 e. The predicted octanol–water partition coefficient (Wildman–Crippen LogP) is 3.48. The fraction of sp³-hybridized carbons (Fsp3) is 0.320. The molecular formula is C25H26N4O2. The standard InChI is InChI=1S/C25H26N4O2/c30-24(26-15-6-9-19-7-2-1-3-8-19)22-12-13-23(28-27-22)29-16-14-25(18-29)21-11-5-4-10-20(21)17-31-25/h1-5,7-8,10-13H,6,9,14-18H2,(H,26,30). The molecule has 2 aliphatic rings. The Morgan fingerprint density at radius 3 is 2.71 bits per heavy atom. The number of hydrogen-bond donors (Lipinski definition) is 1. The van der Waals surface area contributed by atoms with Crippen LogP contribution in [-0.4, -0.2) is 35.7 Å². The minimum Gasteiger partial charge on any atom is -0.364 e. The molecule has 158 valence electrons. The Morgan fingerprint density at radius 2 is 1.87 bits per heavy atom. The maximum atomic E-state index is 12.4. The summed E-state index contributed by atoms with van der Waals surface area (Å²) in [5.74, 6) is 0.601. The number of anilines is 1. The van der Waals surface area contributed by atoms with Crippen molar-refractivity contribution in [2.24, 2.45) is 0 Å². The number of rotatable bonds is 6. The van der Waals surface area contributed by atoms with Crippen molar-refractivity contribution in [2.45, 2.75) is 31.5 Å². The molecule has 1 fully saturated rings. The number of hydrogen-bond acceptors (Lipinski definition) is 5. The van der Waals surface area contributed by atoms with Gasteiger partial charge in [-0.15, -0.1) is 10.2 Å². The van der Waals surface area contributed by atoms with Gasteiger partial charge in [0.15, 0.2) is 11.5 Å². The molecule has 1 spiro atoms. The number of amides is 1. The lowest BCUT2D eigenvalue weighted by atomic mass is 9.92. The molecule has 5 rings (SSSR count). The van der Waals surface area contributed by atoms with Crippen molar-refractivity contribution in [3.63, 3.8) is 0 Å². The first kappa shape index (κ1) is 19.7. The molecular weight excluding hydrogens is 388 g/mol. The number of aromatic nitrogens is 2. The van der Waals surface area contributed by atoms with Crippen LogP contribution in [0.4, 0.5) is 5.82 Å². The van der Waals surface area contributed by atoms with Gasteiger partial charge in [0.25, 0.3) is 5.91 Å². The maximum absolute atomic E-state index is 12.4. The highest BCUT2D eigenvalue weighted by atomic mass is 16.5. The van der Waals surface area contributed by atoms with Gasteiger partial charge < -0.3 is 15.0 Å². The Labute approximate surface area is 182 Å². The van der Waals surface area contributed by atoms with Crippen molar-refractivity contribution in [1.29, 1.82) is 0 Å². The van der Waals surface area contributed by atoms with Crippen LogP contribution in [0.25, 0.3) is 0 Å². The molecule has 1 saturated heterocycles. The molecule has 2 aliphatic heterocycles. The van der Waals surface area contributed by atoms with Gasteiger partial charge in [-0.05, 0) is 48.1 Å². The number of fused-ring (bicyclic) bond motifs is 2. The Kier molecular flexibility index (Phi) is 5.38. The quantitative estimate of drug-likeness (QED) is 0.626. The Morgan fingerprint density at radius 1 is 1.03 bits per heavy atom. The third kappa shape index (κ3) is 4.03. The molecule has 1 unspecified atom stereocenters. The highest BCUT2D eigenvalue weighted by molar-refractivity contribution is 5.92. The van der Waals surface area contributed by atoms with Crippen molar-refractivity contribution in [3.05, 3.63) is 89.1 Å². The zero-order chi connectivity index (χ0) is 21.1. The number of nitrogens with one attached hydrogen (secondary N) is 1. The second-order valence-corrected chi connectivity index (χ2v) is 8.23. The van der Waals surface area contributed by atoms with Crippen LogP contribution in [0.15, 0.2) is 66.7 Å². The molecule has 2 aromatic carbocycles. The molecule has 6 heteroatoms. The summed E-state index contributed by atoms with van der Waals surface area (Å²) in [5.41, 5.74) is 3.93. The van der Waals surface area contributed by atoms with E-state index in [-0.39, 0.29) is 11.5 Å². The van der Waals surface area contributed by atoms with Crippen LogP contribution in [0.3, 0.4) is 0 Å². The van der Waals surface area contributed by atoms with Gasteiger partial charge in [0.2, 0.25) is 0 Å². The SMILES string of the molecule is O=C(NCCCc1ccccc1)c1ccc(N2CCC3(C2)OCc2ccccc23)nn1. The first-order valence-electron chi connectivity index (χ1n) is 10.9. The lowest BCUT2D eigenvalue weighted by Gasteiger charge is -2.25. The highest BCUT2D eigenvalue weighted by Crippen LogP contribution is 2.43. The van der Waals surface area contributed by atoms with Gasteiger partial charge >= 0.3 is 0 Å². The monoisotopic (exact) mass is 414 g/mol. The van der Waals surface area contributed by atoms with Crippen molar-refractivity contribution in [1.82, 2.24) is 15.5 Å². The van der Waals surface area contributed by atoms with E-state index in [0.29, 0.717) is 18.8 Å². The molecule has 0 saturated carbocycles. The first-order chi connectivity index (χ1) is 15.2. The predicted molar refractivity (Wildman–Crippen MR) is 119 cm³/mol. The van der Waals surface area contributed by atoms with E-state index in [1.807, 2.05) is 24.3 Å². The Bertz CT molecular complexity index is 1050. The molecule has 1 N–H and O–H groups in total. The van der Waals surface area contributed by atoms with Crippen molar-refractivity contribution < 1.29 is 9.53 Å². The normalized spacial score (nSPS) is 19.5. The summed E-state index contributed by atoms with van der Waals surface area (Å²) < 4.78 is 6.22. The van der Waals surface area contributed by atoms with Crippen LogP contribution >= 0.6 is 0 Å². The van der Waals surface area contributed by atoms with Crippen LogP contribution < -0.4 is 10.2 Å². The van der Waals surface area contributed by atoms with E-state index in [2.05, 4.69) is 56.8 Å². The topological polar surface area (TPSA) is 67.4 Å². The van der Waals surface area contributed by atoms with Gasteiger partial charge in [0.1, 0.15) is 5.60 Å². The lowest BCUT2D eigenvalue weighted by Crippen LogP contribution is -2.31. The average Bonchev–Trinajstić information content (AvgIpc) is 3.42. The van der Waals surface area contributed by atoms with Crippen LogP contribution in [-0.2, 0) is 23.4 Å². The van der Waals surface area contributed by atoms with Crippen molar-refractivity contribution in [3.8, 4) is 0 Å². The molecule has 1 aromatic heterocycles. The molecule has 6 nitrogen and oxygen atoms in total. The second-order valence-electron chi connectivity index (χ2n) is 8.23. The van der Waals surface area contributed by atoms with Gasteiger partial charge in [-0.25, -0.2) is 0 Å². The van der Waals surface area contributed by atoms with E-state index < -0.39 is 0 Å². The molecule has 31 heavy (non-hydrogen) atoms. The minimum atomic E-state index is -0.257. The van der Waals surface area contributed by atoms with E-state index in [4.69, 9.17) is 4.74 Å². The van der Waals surface area contributed by atoms with Crippen LogP contribution in [0.5, 0.6) is 0 Å². The Hall–Kier alpha value is -3.25. The van der Waals surface area contributed by atoms with Crippen LogP contribution in [0.1, 0.15) is 40.0 Å². The van der Waals surface area contributed by atoms with Crippen molar-refractivity contribution in [2.75, 3.05) is 24.5 Å². The van der Waals surface area contributed by atoms with E-state index >= 15 is 0 Å². The molecule has 0 radical (unpaired) electrons. The number of nitrogens with zero attached hydrogens (tertiary/aromatic N) is 3. The highest BCUT2D eigenvalue weighted by Gasteiger charge is 2.45. The van der Waals surface area contributed by atoms with Crippen molar-refractivity contribution >= 4 is 11.7 Å². The fourth-order valence-corrected chi connectivity index (χ4v) is 4.54.